The molecule has 11 heavy (non-hydrogen) atoms. The van der Waals surface area contributed by atoms with Crippen LogP contribution in [0.15, 0.2) is 15.7 Å². The molecule has 3 nitrogen and oxygen atoms in total. The summed E-state index contributed by atoms with van der Waals surface area (Å²) in [4.78, 5) is 3.92. The van der Waals surface area contributed by atoms with Crippen LogP contribution in [0, 0.1) is 0 Å². The lowest BCUT2D eigenvalue weighted by Crippen LogP contribution is -2.15. The summed E-state index contributed by atoms with van der Waals surface area (Å²) < 4.78 is 5.20. The minimum absolute atomic E-state index is 0.363. The fourth-order valence-corrected chi connectivity index (χ4v) is 0.957. The van der Waals surface area contributed by atoms with Crippen molar-refractivity contribution in [2.45, 2.75) is 24.5 Å². The van der Waals surface area contributed by atoms with E-state index in [2.05, 4.69) is 4.98 Å². The van der Waals surface area contributed by atoms with Crippen LogP contribution in [-0.4, -0.2) is 16.3 Å². The van der Waals surface area contributed by atoms with Crippen molar-refractivity contribution in [2.75, 3.05) is 6.26 Å². The van der Waals surface area contributed by atoms with Gasteiger partial charge in [-0.3, -0.25) is 0 Å². The minimum Gasteiger partial charge on any atom is -0.431 e. The van der Waals surface area contributed by atoms with Crippen LogP contribution in [0.25, 0.3) is 0 Å². The van der Waals surface area contributed by atoms with Crippen molar-refractivity contribution < 1.29 is 9.52 Å². The molecule has 0 aromatic carbocycles. The molecule has 0 saturated carbocycles. The lowest BCUT2D eigenvalue weighted by Gasteiger charge is -2.10. The highest BCUT2D eigenvalue weighted by Crippen LogP contribution is 2.23. The van der Waals surface area contributed by atoms with Crippen LogP contribution in [0.1, 0.15) is 19.7 Å². The Hall–Kier alpha value is -0.480. The fourth-order valence-electron chi connectivity index (χ4n) is 0.637. The maximum atomic E-state index is 9.43. The van der Waals surface area contributed by atoms with E-state index in [4.69, 9.17) is 4.42 Å². The Morgan fingerprint density at radius 1 is 1.64 bits per heavy atom. The van der Waals surface area contributed by atoms with Crippen molar-refractivity contribution in [3.05, 3.63) is 12.1 Å². The quantitative estimate of drug-likeness (QED) is 0.690. The van der Waals surface area contributed by atoms with E-state index in [9.17, 15) is 5.11 Å². The first-order chi connectivity index (χ1) is 5.04. The van der Waals surface area contributed by atoms with Gasteiger partial charge in [0.05, 0.1) is 6.20 Å². The Bertz CT molecular complexity index is 239. The molecular formula is C7H11NO2S. The molecule has 0 amide bonds. The summed E-state index contributed by atoms with van der Waals surface area (Å²) in [6.45, 7) is 3.28. The maximum absolute atomic E-state index is 9.43. The van der Waals surface area contributed by atoms with Crippen molar-refractivity contribution >= 4 is 11.8 Å². The van der Waals surface area contributed by atoms with Crippen molar-refractivity contribution in [2.24, 2.45) is 0 Å². The van der Waals surface area contributed by atoms with E-state index in [1.807, 2.05) is 6.26 Å². The number of aliphatic hydroxyl groups is 1. The zero-order valence-corrected chi connectivity index (χ0v) is 7.60. The van der Waals surface area contributed by atoms with Gasteiger partial charge in [-0.25, -0.2) is 4.98 Å². The summed E-state index contributed by atoms with van der Waals surface area (Å²) in [5, 5.41) is 10.2. The van der Waals surface area contributed by atoms with Gasteiger partial charge in [0.1, 0.15) is 5.60 Å². The number of hydrogen-bond acceptors (Lipinski definition) is 4. The fraction of sp³-hybridized carbons (Fsp3) is 0.571. The van der Waals surface area contributed by atoms with Crippen molar-refractivity contribution in [3.63, 3.8) is 0 Å². The van der Waals surface area contributed by atoms with Crippen LogP contribution in [0.4, 0.5) is 0 Å². The molecule has 0 fully saturated rings. The molecule has 0 radical (unpaired) electrons. The molecule has 0 atom stereocenters. The molecule has 0 aliphatic carbocycles. The van der Waals surface area contributed by atoms with E-state index in [0.29, 0.717) is 5.89 Å². The van der Waals surface area contributed by atoms with Crippen LogP contribution in [0.2, 0.25) is 0 Å². The molecule has 4 heteroatoms. The molecule has 1 rings (SSSR count). The highest BCUT2D eigenvalue weighted by molar-refractivity contribution is 7.98. The van der Waals surface area contributed by atoms with Gasteiger partial charge in [-0.2, -0.15) is 0 Å². The van der Waals surface area contributed by atoms with Gasteiger partial charge in [-0.15, -0.1) is 0 Å². The zero-order chi connectivity index (χ0) is 8.48. The second kappa shape index (κ2) is 2.87. The van der Waals surface area contributed by atoms with E-state index in [1.54, 1.807) is 20.0 Å². The van der Waals surface area contributed by atoms with Gasteiger partial charge in [0.15, 0.2) is 5.09 Å². The van der Waals surface area contributed by atoms with Crippen molar-refractivity contribution in [1.82, 2.24) is 4.98 Å². The summed E-state index contributed by atoms with van der Waals surface area (Å²) in [7, 11) is 0. The van der Waals surface area contributed by atoms with Crippen LogP contribution in [-0.2, 0) is 5.60 Å². The monoisotopic (exact) mass is 173 g/mol. The second-order valence-electron chi connectivity index (χ2n) is 2.75. The van der Waals surface area contributed by atoms with E-state index in [-0.39, 0.29) is 0 Å². The van der Waals surface area contributed by atoms with Gasteiger partial charge in [0.2, 0.25) is 5.89 Å². The predicted octanol–water partition coefficient (Wildman–Crippen LogP) is 1.62. The third kappa shape index (κ3) is 1.97. The van der Waals surface area contributed by atoms with Gasteiger partial charge in [-0.05, 0) is 20.1 Å². The van der Waals surface area contributed by atoms with Gasteiger partial charge in [0.25, 0.3) is 0 Å². The Morgan fingerprint density at radius 3 is 2.55 bits per heavy atom. The average molecular weight is 173 g/mol. The lowest BCUT2D eigenvalue weighted by atomic mass is 10.1. The first-order valence-electron chi connectivity index (χ1n) is 3.26. The van der Waals surface area contributed by atoms with Gasteiger partial charge < -0.3 is 9.52 Å². The smallest absolute Gasteiger partial charge is 0.227 e. The number of nitrogens with zero attached hydrogens (tertiary/aromatic N) is 1. The molecule has 1 N–H and O–H groups in total. The number of oxazole rings is 1. The van der Waals surface area contributed by atoms with E-state index in [1.165, 1.54) is 11.8 Å². The second-order valence-corrected chi connectivity index (χ2v) is 3.56. The molecule has 0 unspecified atom stereocenters. The van der Waals surface area contributed by atoms with E-state index in [0.717, 1.165) is 5.09 Å². The van der Waals surface area contributed by atoms with Crippen LogP contribution >= 0.6 is 11.8 Å². The Labute approximate surface area is 69.8 Å². The average Bonchev–Trinajstić information content (AvgIpc) is 2.32. The minimum atomic E-state index is -0.978. The zero-order valence-electron chi connectivity index (χ0n) is 6.79. The topological polar surface area (TPSA) is 46.3 Å². The SMILES string of the molecule is CSc1cnc(C(C)(C)O)o1. The number of thioether (sulfide) groups is 1. The first kappa shape index (κ1) is 8.62. The molecular weight excluding hydrogens is 162 g/mol. The normalized spacial score (nSPS) is 12.0. The maximum Gasteiger partial charge on any atom is 0.227 e. The Morgan fingerprint density at radius 2 is 2.27 bits per heavy atom. The Balaban J connectivity index is 2.89. The largest absolute Gasteiger partial charge is 0.431 e. The molecule has 0 aliphatic rings. The molecule has 0 spiro atoms. The molecule has 1 aromatic rings. The third-order valence-corrected chi connectivity index (χ3v) is 1.80. The third-order valence-electron chi connectivity index (χ3n) is 1.21. The number of rotatable bonds is 2. The molecule has 0 saturated heterocycles. The lowest BCUT2D eigenvalue weighted by molar-refractivity contribution is 0.0448. The summed E-state index contributed by atoms with van der Waals surface area (Å²) in [6.07, 6.45) is 3.51. The van der Waals surface area contributed by atoms with Crippen molar-refractivity contribution in [1.29, 1.82) is 0 Å². The number of hydrogen-bond donors (Lipinski definition) is 1. The standard InChI is InChI=1S/C7H11NO2S/c1-7(2,9)6-8-4-5(10-6)11-3/h4,9H,1-3H3. The first-order valence-corrected chi connectivity index (χ1v) is 4.49. The number of aromatic nitrogens is 1. The molecule has 0 bridgehead atoms. The molecule has 62 valence electrons. The van der Waals surface area contributed by atoms with Crippen LogP contribution < -0.4 is 0 Å². The molecule has 1 aromatic heterocycles. The predicted molar refractivity (Wildman–Crippen MR) is 43.5 cm³/mol. The highest BCUT2D eigenvalue weighted by Gasteiger charge is 2.22. The highest BCUT2D eigenvalue weighted by atomic mass is 32.2. The van der Waals surface area contributed by atoms with Gasteiger partial charge in [-0.1, -0.05) is 11.8 Å². The van der Waals surface area contributed by atoms with E-state index >= 15 is 0 Å². The molecule has 0 aliphatic heterocycles. The van der Waals surface area contributed by atoms with Crippen molar-refractivity contribution in [3.8, 4) is 0 Å². The summed E-state index contributed by atoms with van der Waals surface area (Å²) >= 11 is 1.47. The Kier molecular flexibility index (Phi) is 2.25. The summed E-state index contributed by atoms with van der Waals surface area (Å²) in [5.41, 5.74) is -0.978. The van der Waals surface area contributed by atoms with E-state index < -0.39 is 5.60 Å². The van der Waals surface area contributed by atoms with Crippen LogP contribution in [0.3, 0.4) is 0 Å². The summed E-state index contributed by atoms with van der Waals surface area (Å²) in [6, 6.07) is 0. The van der Waals surface area contributed by atoms with Crippen LogP contribution in [0.5, 0.6) is 0 Å². The van der Waals surface area contributed by atoms with Gasteiger partial charge in [0, 0.05) is 0 Å². The van der Waals surface area contributed by atoms with Gasteiger partial charge >= 0.3 is 0 Å². The molecule has 1 heterocycles. The summed E-state index contributed by atoms with van der Waals surface area (Å²) in [5.74, 6) is 0.363.